The summed E-state index contributed by atoms with van der Waals surface area (Å²) < 4.78 is 0. The first-order valence-corrected chi connectivity index (χ1v) is 20.5. The molecule has 0 bridgehead atoms. The average molecular weight is 611 g/mol. The molecule has 5 rings (SSSR count). The number of hydrogen-bond acceptors (Lipinski definition) is 0. The molecule has 0 spiro atoms. The van der Waals surface area contributed by atoms with Crippen molar-refractivity contribution in [1.29, 1.82) is 0 Å². The summed E-state index contributed by atoms with van der Waals surface area (Å²) in [6, 6.07) is 30.8. The molecule has 0 unspecified atom stereocenters. The van der Waals surface area contributed by atoms with Gasteiger partial charge in [-0.05, 0) is 18.4 Å². The van der Waals surface area contributed by atoms with Crippen molar-refractivity contribution in [2.24, 2.45) is 0 Å². The van der Waals surface area contributed by atoms with E-state index in [1.807, 2.05) is 0 Å². The van der Waals surface area contributed by atoms with E-state index < -0.39 is 20.8 Å². The van der Waals surface area contributed by atoms with Gasteiger partial charge < -0.3 is 0 Å². The molecule has 2 radical (unpaired) electrons. The van der Waals surface area contributed by atoms with Crippen LogP contribution in [0.4, 0.5) is 0 Å². The topological polar surface area (TPSA) is 0 Å². The zero-order valence-electron chi connectivity index (χ0n) is 22.4. The zero-order chi connectivity index (χ0) is 26.7. The summed E-state index contributed by atoms with van der Waals surface area (Å²) in [5.74, 6) is 0.632. The first-order chi connectivity index (χ1) is 17.2. The standard InChI is InChI=1S/C17H15.C13H15.C2H6Si.2ClH.Zr/c1-12-10-16-13(2)8-9-15(17(16)11-12)14-6-4-3-5-7-14;1-9(2)12-7-11-5-4-10(3)6-13(11)8-12;1-3-2;;;/h3-11H,1-2H3;4-9H,1-3H3;1-2H3;2*1H;/q2*-1;;;;+4/p-2. The van der Waals surface area contributed by atoms with Gasteiger partial charge in [0.1, 0.15) is 0 Å². The van der Waals surface area contributed by atoms with Crippen LogP contribution in [0.15, 0.2) is 84.9 Å². The molecule has 186 valence electrons. The summed E-state index contributed by atoms with van der Waals surface area (Å²) in [7, 11) is 11.0. The molecule has 0 nitrogen and oxygen atoms in total. The second-order valence-electron chi connectivity index (χ2n) is 9.30. The average Bonchev–Trinajstić information content (AvgIpc) is 3.45. The van der Waals surface area contributed by atoms with Gasteiger partial charge in [0, 0.05) is 9.52 Å². The maximum absolute atomic E-state index is 4.93. The Labute approximate surface area is 239 Å². The number of aryl methyl sites for hydroxylation is 3. The van der Waals surface area contributed by atoms with Crippen LogP contribution in [-0.4, -0.2) is 9.52 Å². The Bertz CT molecular complexity index is 1330. The Morgan fingerprint density at radius 1 is 0.806 bits per heavy atom. The fraction of sp³-hybridized carbons (Fsp3) is 0.250. The van der Waals surface area contributed by atoms with E-state index in [0.29, 0.717) is 5.92 Å². The predicted octanol–water partition coefficient (Wildman–Crippen LogP) is 11.0. The third-order valence-electron chi connectivity index (χ3n) is 5.89. The van der Waals surface area contributed by atoms with Crippen LogP contribution in [0.2, 0.25) is 13.1 Å². The van der Waals surface area contributed by atoms with Crippen LogP contribution < -0.4 is 0 Å². The quantitative estimate of drug-likeness (QED) is 0.138. The van der Waals surface area contributed by atoms with E-state index in [1.54, 1.807) is 0 Å². The molecule has 5 aromatic carbocycles. The normalized spacial score (nSPS) is 10.1. The van der Waals surface area contributed by atoms with E-state index in [1.165, 1.54) is 54.9 Å². The summed E-state index contributed by atoms with van der Waals surface area (Å²) in [4.78, 5) is 0. The third-order valence-corrected chi connectivity index (χ3v) is 5.89. The van der Waals surface area contributed by atoms with Gasteiger partial charge in [0.05, 0.1) is 0 Å². The molecule has 0 amide bonds. The molecule has 0 aliphatic heterocycles. The molecule has 5 aromatic rings. The van der Waals surface area contributed by atoms with E-state index >= 15 is 0 Å². The number of fused-ring (bicyclic) bond motifs is 2. The Hall–Kier alpha value is -1.44. The van der Waals surface area contributed by atoms with E-state index in [0.717, 1.165) is 9.52 Å². The van der Waals surface area contributed by atoms with Gasteiger partial charge in [-0.3, -0.25) is 0 Å². The molecule has 4 heteroatoms. The SMILES string of the molecule is C[Si]C.Cc1cc2c(-c3ccccc3)ccc(C)c2[cH-]1.Cc1ccc2[cH-]c(C(C)C)cc2c1.[Cl][Zr+2][Cl]. The Kier molecular flexibility index (Phi) is 13.4. The van der Waals surface area contributed by atoms with E-state index in [4.69, 9.17) is 17.0 Å². The predicted molar refractivity (Wildman–Crippen MR) is 162 cm³/mol. The summed E-state index contributed by atoms with van der Waals surface area (Å²) in [6.45, 7) is 15.3. The van der Waals surface area contributed by atoms with Gasteiger partial charge in [0.15, 0.2) is 0 Å². The van der Waals surface area contributed by atoms with Crippen LogP contribution in [0.25, 0.3) is 32.7 Å². The van der Waals surface area contributed by atoms with Crippen LogP contribution in [-0.2, 0) is 20.8 Å². The molecule has 0 atom stereocenters. The van der Waals surface area contributed by atoms with Crippen LogP contribution in [0.5, 0.6) is 0 Å². The van der Waals surface area contributed by atoms with E-state index in [-0.39, 0.29) is 0 Å². The summed E-state index contributed by atoms with van der Waals surface area (Å²) in [5.41, 5.74) is 8.11. The number of halogens is 2. The molecular weight excluding hydrogens is 575 g/mol. The summed E-state index contributed by atoms with van der Waals surface area (Å²) >= 11 is -0.826. The Morgan fingerprint density at radius 2 is 1.44 bits per heavy atom. The van der Waals surface area contributed by atoms with Gasteiger partial charge >= 0.3 is 37.9 Å². The van der Waals surface area contributed by atoms with Gasteiger partial charge in [-0.15, -0.1) is 74.6 Å². The molecule has 0 heterocycles. The van der Waals surface area contributed by atoms with Gasteiger partial charge in [-0.1, -0.05) is 88.3 Å². The molecule has 0 saturated heterocycles. The molecule has 0 aromatic heterocycles. The van der Waals surface area contributed by atoms with Crippen molar-refractivity contribution in [3.63, 3.8) is 0 Å². The van der Waals surface area contributed by atoms with Crippen molar-refractivity contribution in [2.45, 2.75) is 53.6 Å². The van der Waals surface area contributed by atoms with Crippen LogP contribution in [0.1, 0.15) is 42.0 Å². The Morgan fingerprint density at radius 3 is 2.06 bits per heavy atom. The van der Waals surface area contributed by atoms with Crippen molar-refractivity contribution < 1.29 is 20.8 Å². The molecule has 0 saturated carbocycles. The Balaban J connectivity index is 0.000000213. The fourth-order valence-electron chi connectivity index (χ4n) is 4.14. The minimum absolute atomic E-state index is 0.632. The first kappa shape index (κ1) is 30.8. The second-order valence-corrected chi connectivity index (χ2v) is 14.0. The molecule has 36 heavy (non-hydrogen) atoms. The summed E-state index contributed by atoms with van der Waals surface area (Å²) in [6.07, 6.45) is 0. The van der Waals surface area contributed by atoms with Crippen LogP contribution in [0, 0.1) is 20.8 Å². The minimum atomic E-state index is -0.826. The van der Waals surface area contributed by atoms with E-state index in [9.17, 15) is 0 Å². The van der Waals surface area contributed by atoms with Crippen molar-refractivity contribution in [2.75, 3.05) is 0 Å². The second kappa shape index (κ2) is 15.7. The fourth-order valence-corrected chi connectivity index (χ4v) is 4.14. The maximum atomic E-state index is 4.93. The molecule has 0 fully saturated rings. The zero-order valence-corrected chi connectivity index (χ0v) is 27.4. The van der Waals surface area contributed by atoms with Gasteiger partial charge in [-0.25, -0.2) is 0 Å². The number of benzene rings is 3. The van der Waals surface area contributed by atoms with Crippen LogP contribution in [0.3, 0.4) is 0 Å². The number of hydrogen-bond donors (Lipinski definition) is 0. The van der Waals surface area contributed by atoms with Crippen molar-refractivity contribution in [1.82, 2.24) is 0 Å². The van der Waals surface area contributed by atoms with Crippen molar-refractivity contribution in [3.8, 4) is 11.1 Å². The molecule has 0 aliphatic carbocycles. The van der Waals surface area contributed by atoms with Gasteiger partial charge in [0.2, 0.25) is 0 Å². The summed E-state index contributed by atoms with van der Waals surface area (Å²) in [5, 5.41) is 5.50. The van der Waals surface area contributed by atoms with Gasteiger partial charge in [0.25, 0.3) is 0 Å². The van der Waals surface area contributed by atoms with Gasteiger partial charge in [-0.2, -0.15) is 12.1 Å². The van der Waals surface area contributed by atoms with Crippen LogP contribution >= 0.6 is 17.0 Å². The molecule has 0 aliphatic rings. The first-order valence-electron chi connectivity index (χ1n) is 12.2. The molecular formula is C32H36Cl2SiZr. The third kappa shape index (κ3) is 8.84. The van der Waals surface area contributed by atoms with Crippen molar-refractivity contribution in [3.05, 3.63) is 107 Å². The monoisotopic (exact) mass is 608 g/mol. The van der Waals surface area contributed by atoms with Crippen molar-refractivity contribution >= 4 is 48.1 Å². The molecule has 0 N–H and O–H groups in total. The number of rotatable bonds is 2. The van der Waals surface area contributed by atoms with E-state index in [2.05, 4.69) is 133 Å².